The number of hydrogen-bond donors (Lipinski definition) is 1. The van der Waals surface area contributed by atoms with Gasteiger partial charge in [0.15, 0.2) is 0 Å². The molecule has 0 saturated heterocycles. The topological polar surface area (TPSA) is 12.0 Å². The van der Waals surface area contributed by atoms with Crippen LogP contribution < -0.4 is 5.32 Å². The van der Waals surface area contributed by atoms with E-state index in [2.05, 4.69) is 140 Å². The highest BCUT2D eigenvalue weighted by Crippen LogP contribution is 2.28. The van der Waals surface area contributed by atoms with Gasteiger partial charge in [0.05, 0.1) is 0 Å². The molecule has 0 fully saturated rings. The summed E-state index contributed by atoms with van der Waals surface area (Å²) in [7, 11) is 1.97. The highest BCUT2D eigenvalue weighted by atomic mass is 14.8. The van der Waals surface area contributed by atoms with E-state index >= 15 is 0 Å². The SMILES string of the molecule is C=C(C)CCC(=C)c1ccc(C)c(C)c1.C=C(C)CCCNC.C=C(C)c1ccccc1-c1ccc(CC)cc1. The molecule has 3 aromatic carbocycles. The molecule has 0 amide bonds. The van der Waals surface area contributed by atoms with E-state index in [1.165, 1.54) is 62.1 Å². The van der Waals surface area contributed by atoms with E-state index in [1.807, 2.05) is 7.05 Å². The molecule has 1 N–H and O–H groups in total. The van der Waals surface area contributed by atoms with Crippen molar-refractivity contribution >= 4 is 11.1 Å². The fourth-order valence-electron chi connectivity index (χ4n) is 4.06. The summed E-state index contributed by atoms with van der Waals surface area (Å²) in [6.45, 7) is 29.6. The maximum atomic E-state index is 4.13. The molecule has 214 valence electrons. The van der Waals surface area contributed by atoms with E-state index in [1.54, 1.807) is 0 Å². The van der Waals surface area contributed by atoms with Gasteiger partial charge >= 0.3 is 0 Å². The van der Waals surface area contributed by atoms with Gasteiger partial charge in [-0.05, 0) is 125 Å². The van der Waals surface area contributed by atoms with E-state index in [0.29, 0.717) is 0 Å². The zero-order chi connectivity index (χ0) is 30.1. The molecule has 3 aromatic rings. The molecule has 0 radical (unpaired) electrons. The van der Waals surface area contributed by atoms with E-state index < -0.39 is 0 Å². The Kier molecular flexibility index (Phi) is 16.3. The molecule has 0 atom stereocenters. The molecule has 0 aliphatic rings. The van der Waals surface area contributed by atoms with Gasteiger partial charge in [0.2, 0.25) is 0 Å². The Labute approximate surface area is 246 Å². The summed E-state index contributed by atoms with van der Waals surface area (Å²) in [6.07, 6.45) is 5.50. The lowest BCUT2D eigenvalue weighted by Crippen LogP contribution is -2.06. The summed E-state index contributed by atoms with van der Waals surface area (Å²) < 4.78 is 0. The Morgan fingerprint density at radius 2 is 1.35 bits per heavy atom. The van der Waals surface area contributed by atoms with Crippen molar-refractivity contribution in [2.45, 2.75) is 73.6 Å². The monoisotopic (exact) mass is 535 g/mol. The van der Waals surface area contributed by atoms with Crippen LogP contribution in [0.15, 0.2) is 104 Å². The Balaban J connectivity index is 0.000000320. The highest BCUT2D eigenvalue weighted by molar-refractivity contribution is 5.79. The third kappa shape index (κ3) is 13.1. The maximum Gasteiger partial charge on any atom is -0.00489 e. The lowest BCUT2D eigenvalue weighted by Gasteiger charge is -2.09. The molecule has 0 spiro atoms. The van der Waals surface area contributed by atoms with Gasteiger partial charge in [0.25, 0.3) is 0 Å². The fraction of sp³-hybridized carbons (Fsp3) is 0.333. The minimum absolute atomic E-state index is 1.01. The number of benzene rings is 3. The van der Waals surface area contributed by atoms with Crippen LogP contribution in [0.5, 0.6) is 0 Å². The van der Waals surface area contributed by atoms with E-state index in [4.69, 9.17) is 0 Å². The molecule has 0 unspecified atom stereocenters. The molecule has 0 saturated carbocycles. The Morgan fingerprint density at radius 1 is 0.725 bits per heavy atom. The number of nitrogens with one attached hydrogen (secondary N) is 1. The Hall–Kier alpha value is -3.42. The lowest BCUT2D eigenvalue weighted by molar-refractivity contribution is 0.722. The molecule has 3 rings (SSSR count). The zero-order valence-corrected chi connectivity index (χ0v) is 26.4. The first-order chi connectivity index (χ1) is 19.0. The molecule has 0 aliphatic heterocycles. The number of hydrogen-bond acceptors (Lipinski definition) is 1. The highest BCUT2D eigenvalue weighted by Gasteiger charge is 2.04. The van der Waals surface area contributed by atoms with Crippen LogP contribution in [0.1, 0.15) is 81.2 Å². The minimum Gasteiger partial charge on any atom is -0.320 e. The minimum atomic E-state index is 1.01. The van der Waals surface area contributed by atoms with E-state index in [9.17, 15) is 0 Å². The number of rotatable bonds is 11. The van der Waals surface area contributed by atoms with Gasteiger partial charge in [-0.1, -0.05) is 104 Å². The fourth-order valence-corrected chi connectivity index (χ4v) is 4.06. The van der Waals surface area contributed by atoms with Crippen LogP contribution in [0.4, 0.5) is 0 Å². The first-order valence-electron chi connectivity index (χ1n) is 14.5. The second kappa shape index (κ2) is 18.8. The largest absolute Gasteiger partial charge is 0.320 e. The van der Waals surface area contributed by atoms with E-state index in [-0.39, 0.29) is 0 Å². The quantitative estimate of drug-likeness (QED) is 0.190. The van der Waals surface area contributed by atoms with Gasteiger partial charge in [-0.15, -0.1) is 13.2 Å². The number of aryl methyl sites for hydroxylation is 3. The van der Waals surface area contributed by atoms with Gasteiger partial charge < -0.3 is 5.32 Å². The van der Waals surface area contributed by atoms with Gasteiger partial charge in [-0.3, -0.25) is 0 Å². The first kappa shape index (κ1) is 34.6. The van der Waals surface area contributed by atoms with Crippen molar-refractivity contribution < 1.29 is 0 Å². The second-order valence-electron chi connectivity index (χ2n) is 10.9. The predicted molar refractivity (Wildman–Crippen MR) is 183 cm³/mol. The summed E-state index contributed by atoms with van der Waals surface area (Å²) in [5, 5.41) is 3.08. The molecule has 1 heteroatoms. The third-order valence-electron chi connectivity index (χ3n) is 6.86. The Morgan fingerprint density at radius 3 is 1.88 bits per heavy atom. The molecule has 0 heterocycles. The van der Waals surface area contributed by atoms with Crippen LogP contribution in [0.25, 0.3) is 22.3 Å². The van der Waals surface area contributed by atoms with Crippen LogP contribution >= 0.6 is 0 Å². The van der Waals surface area contributed by atoms with Crippen molar-refractivity contribution in [2.75, 3.05) is 13.6 Å². The van der Waals surface area contributed by atoms with Crippen LogP contribution in [0.3, 0.4) is 0 Å². The molecule has 0 aromatic heterocycles. The summed E-state index contributed by atoms with van der Waals surface area (Å²) in [4.78, 5) is 0. The van der Waals surface area contributed by atoms with Crippen LogP contribution in [-0.4, -0.2) is 13.6 Å². The summed E-state index contributed by atoms with van der Waals surface area (Å²) in [5.41, 5.74) is 13.9. The third-order valence-corrected chi connectivity index (χ3v) is 6.86. The number of allylic oxidation sites excluding steroid dienone is 4. The molecule has 40 heavy (non-hydrogen) atoms. The maximum absolute atomic E-state index is 4.13. The van der Waals surface area contributed by atoms with Crippen molar-refractivity contribution in [1.82, 2.24) is 5.32 Å². The van der Waals surface area contributed by atoms with Crippen LogP contribution in [-0.2, 0) is 6.42 Å². The van der Waals surface area contributed by atoms with Crippen molar-refractivity contribution in [3.05, 3.63) is 132 Å². The zero-order valence-electron chi connectivity index (χ0n) is 26.4. The van der Waals surface area contributed by atoms with Gasteiger partial charge in [0, 0.05) is 0 Å². The lowest BCUT2D eigenvalue weighted by atomic mass is 9.95. The van der Waals surface area contributed by atoms with Gasteiger partial charge in [-0.25, -0.2) is 0 Å². The molecular weight excluding hydrogens is 482 g/mol. The Bertz CT molecular complexity index is 1240. The average Bonchev–Trinajstić information content (AvgIpc) is 2.94. The summed E-state index contributed by atoms with van der Waals surface area (Å²) in [6, 6.07) is 23.8. The van der Waals surface area contributed by atoms with Crippen molar-refractivity contribution in [3.63, 3.8) is 0 Å². The second-order valence-corrected chi connectivity index (χ2v) is 10.9. The van der Waals surface area contributed by atoms with E-state index in [0.717, 1.165) is 37.8 Å². The molecule has 0 aliphatic carbocycles. The van der Waals surface area contributed by atoms with Crippen molar-refractivity contribution in [3.8, 4) is 11.1 Å². The van der Waals surface area contributed by atoms with Crippen LogP contribution in [0.2, 0.25) is 0 Å². The van der Waals surface area contributed by atoms with Gasteiger partial charge in [-0.2, -0.15) is 0 Å². The standard InChI is InChI=1S/C17H18.C15H20.C7H15N/c1-4-14-9-11-15(12-10-14)17-8-6-5-7-16(17)13(2)3;1-11(2)6-7-13(4)15-9-8-12(3)14(5)10-15;1-7(2)5-4-6-8-3/h5-12H,2,4H2,1,3H3;8-10H,1,4,6-7H2,2-3,5H3;8H,1,4-6H2,2-3H3. The van der Waals surface area contributed by atoms with Crippen LogP contribution in [0, 0.1) is 13.8 Å². The van der Waals surface area contributed by atoms with Crippen molar-refractivity contribution in [2.24, 2.45) is 0 Å². The predicted octanol–water partition coefficient (Wildman–Crippen LogP) is 11.2. The normalized spacial score (nSPS) is 9.97. The van der Waals surface area contributed by atoms with Gasteiger partial charge in [0.1, 0.15) is 0 Å². The smallest absolute Gasteiger partial charge is 0.00489 e. The summed E-state index contributed by atoms with van der Waals surface area (Å²) in [5.74, 6) is 0. The summed E-state index contributed by atoms with van der Waals surface area (Å²) >= 11 is 0. The first-order valence-corrected chi connectivity index (χ1v) is 14.5. The molecule has 1 nitrogen and oxygen atoms in total. The van der Waals surface area contributed by atoms with Crippen molar-refractivity contribution in [1.29, 1.82) is 0 Å². The molecule has 0 bridgehead atoms. The average molecular weight is 536 g/mol. The molecular formula is C39H53N.